The third-order valence-electron chi connectivity index (χ3n) is 2.42. The molecule has 96 valence electrons. The highest BCUT2D eigenvalue weighted by atomic mass is 35.5. The summed E-state index contributed by atoms with van der Waals surface area (Å²) in [4.78, 5) is 11.6. The lowest BCUT2D eigenvalue weighted by atomic mass is 10.1. The number of nitrogens with two attached hydrogens (primary N) is 1. The lowest BCUT2D eigenvalue weighted by Crippen LogP contribution is -2.26. The summed E-state index contributed by atoms with van der Waals surface area (Å²) in [5.41, 5.74) is 7.19. The summed E-state index contributed by atoms with van der Waals surface area (Å²) >= 11 is 0. The molecule has 0 spiro atoms. The van der Waals surface area contributed by atoms with Crippen molar-refractivity contribution in [1.82, 2.24) is 0 Å². The first kappa shape index (κ1) is 15.7. The fraction of sp³-hybridized carbons (Fsp3) is 0.417. The van der Waals surface area contributed by atoms with Crippen LogP contribution in [0.4, 0.5) is 5.69 Å². The van der Waals surface area contributed by atoms with Crippen LogP contribution in [0.2, 0.25) is 0 Å². The van der Waals surface area contributed by atoms with Crippen molar-refractivity contribution >= 4 is 24.0 Å². The van der Waals surface area contributed by atoms with Gasteiger partial charge in [-0.3, -0.25) is 4.79 Å². The molecule has 1 atom stereocenters. The van der Waals surface area contributed by atoms with E-state index in [9.17, 15) is 4.79 Å². The minimum atomic E-state index is -0.203. The Balaban J connectivity index is 0.00000256. The molecule has 0 saturated heterocycles. The lowest BCUT2D eigenvalue weighted by Gasteiger charge is -2.13. The fourth-order valence-corrected chi connectivity index (χ4v) is 1.26. The van der Waals surface area contributed by atoms with Crippen LogP contribution in [-0.2, 0) is 4.79 Å². The Bertz CT molecular complexity index is 383. The maximum Gasteiger partial charge on any atom is 0.228 e. The van der Waals surface area contributed by atoms with Crippen molar-refractivity contribution < 1.29 is 9.53 Å². The van der Waals surface area contributed by atoms with Crippen molar-refractivity contribution in [3.8, 4) is 5.75 Å². The zero-order chi connectivity index (χ0) is 12.1. The van der Waals surface area contributed by atoms with Gasteiger partial charge in [0.05, 0.1) is 12.8 Å². The van der Waals surface area contributed by atoms with Gasteiger partial charge >= 0.3 is 0 Å². The first-order valence-electron chi connectivity index (χ1n) is 5.24. The number of carbonyl (C=O) groups excluding carboxylic acids is 1. The van der Waals surface area contributed by atoms with Crippen molar-refractivity contribution in [2.75, 3.05) is 19.0 Å². The number of amides is 1. The number of ether oxygens (including phenoxy) is 1. The van der Waals surface area contributed by atoms with E-state index >= 15 is 0 Å². The van der Waals surface area contributed by atoms with Gasteiger partial charge in [0, 0.05) is 12.5 Å². The van der Waals surface area contributed by atoms with E-state index in [1.54, 1.807) is 14.0 Å². The highest BCUT2D eigenvalue weighted by Gasteiger charge is 2.13. The molecular formula is C12H19ClN2O2. The zero-order valence-corrected chi connectivity index (χ0v) is 11.1. The summed E-state index contributed by atoms with van der Waals surface area (Å²) in [7, 11) is 1.58. The van der Waals surface area contributed by atoms with E-state index in [2.05, 4.69) is 5.32 Å². The summed E-state index contributed by atoms with van der Waals surface area (Å²) in [6.45, 7) is 4.09. The first-order valence-corrected chi connectivity index (χ1v) is 5.24. The van der Waals surface area contributed by atoms with E-state index in [-0.39, 0.29) is 24.2 Å². The van der Waals surface area contributed by atoms with Gasteiger partial charge in [-0.25, -0.2) is 0 Å². The van der Waals surface area contributed by atoms with Gasteiger partial charge in [0.1, 0.15) is 5.75 Å². The SMILES string of the molecule is COc1cc(C)ccc1NC(=O)C(C)CN.Cl. The fourth-order valence-electron chi connectivity index (χ4n) is 1.26. The first-order chi connectivity index (χ1) is 7.58. The van der Waals surface area contributed by atoms with Crippen molar-refractivity contribution in [2.24, 2.45) is 11.7 Å². The van der Waals surface area contributed by atoms with Crippen LogP contribution in [-0.4, -0.2) is 19.6 Å². The molecule has 1 aromatic rings. The monoisotopic (exact) mass is 258 g/mol. The van der Waals surface area contributed by atoms with Gasteiger partial charge in [-0.1, -0.05) is 13.0 Å². The van der Waals surface area contributed by atoms with Crippen LogP contribution in [0.3, 0.4) is 0 Å². The summed E-state index contributed by atoms with van der Waals surface area (Å²) in [5.74, 6) is 0.369. The Morgan fingerprint density at radius 1 is 1.53 bits per heavy atom. The molecule has 17 heavy (non-hydrogen) atoms. The van der Waals surface area contributed by atoms with Gasteiger partial charge in [0.15, 0.2) is 0 Å². The third kappa shape index (κ3) is 4.24. The maximum atomic E-state index is 11.6. The predicted octanol–water partition coefficient (Wildman–Crippen LogP) is 1.96. The summed E-state index contributed by atoms with van der Waals surface area (Å²) in [5, 5.41) is 2.80. The van der Waals surface area contributed by atoms with Crippen molar-refractivity contribution in [1.29, 1.82) is 0 Å². The van der Waals surface area contributed by atoms with E-state index < -0.39 is 0 Å². The number of nitrogens with one attached hydrogen (secondary N) is 1. The average molecular weight is 259 g/mol. The van der Waals surface area contributed by atoms with Gasteiger partial charge < -0.3 is 15.8 Å². The number of rotatable bonds is 4. The predicted molar refractivity (Wildman–Crippen MR) is 71.8 cm³/mol. The summed E-state index contributed by atoms with van der Waals surface area (Å²) in [6, 6.07) is 5.63. The zero-order valence-electron chi connectivity index (χ0n) is 10.3. The Hall–Kier alpha value is -1.26. The minimum Gasteiger partial charge on any atom is -0.495 e. The van der Waals surface area contributed by atoms with E-state index in [1.165, 1.54) is 0 Å². The number of methoxy groups -OCH3 is 1. The number of benzene rings is 1. The van der Waals surface area contributed by atoms with Crippen molar-refractivity contribution in [3.63, 3.8) is 0 Å². The highest BCUT2D eigenvalue weighted by molar-refractivity contribution is 5.93. The highest BCUT2D eigenvalue weighted by Crippen LogP contribution is 2.25. The number of carbonyl (C=O) groups is 1. The molecule has 4 nitrogen and oxygen atoms in total. The minimum absolute atomic E-state index is 0. The van der Waals surface area contributed by atoms with E-state index in [0.29, 0.717) is 18.0 Å². The number of aryl methyl sites for hydroxylation is 1. The number of anilines is 1. The lowest BCUT2D eigenvalue weighted by molar-refractivity contribution is -0.119. The molecule has 1 unspecified atom stereocenters. The quantitative estimate of drug-likeness (QED) is 0.868. The molecule has 0 radical (unpaired) electrons. The van der Waals surface area contributed by atoms with Crippen LogP contribution >= 0.6 is 12.4 Å². The van der Waals surface area contributed by atoms with Gasteiger partial charge in [-0.05, 0) is 24.6 Å². The molecule has 1 amide bonds. The summed E-state index contributed by atoms with van der Waals surface area (Å²) < 4.78 is 5.19. The molecular weight excluding hydrogens is 240 g/mol. The third-order valence-corrected chi connectivity index (χ3v) is 2.42. The molecule has 0 heterocycles. The van der Waals surface area contributed by atoms with Crippen molar-refractivity contribution in [3.05, 3.63) is 23.8 Å². The maximum absolute atomic E-state index is 11.6. The van der Waals surface area contributed by atoms with Gasteiger partial charge in [0.2, 0.25) is 5.91 Å². The molecule has 1 rings (SSSR count). The van der Waals surface area contributed by atoms with Crippen LogP contribution in [0.5, 0.6) is 5.75 Å². The summed E-state index contributed by atoms with van der Waals surface area (Å²) in [6.07, 6.45) is 0. The number of halogens is 1. The standard InChI is InChI=1S/C12H18N2O2.ClH/c1-8-4-5-10(11(6-8)16-3)14-12(15)9(2)7-13;/h4-6,9H,7,13H2,1-3H3,(H,14,15);1H. The molecule has 3 N–H and O–H groups in total. The Morgan fingerprint density at radius 3 is 2.71 bits per heavy atom. The van der Waals surface area contributed by atoms with Crippen LogP contribution in [0.15, 0.2) is 18.2 Å². The Morgan fingerprint density at radius 2 is 2.18 bits per heavy atom. The van der Waals surface area contributed by atoms with Gasteiger partial charge in [-0.2, -0.15) is 0 Å². The smallest absolute Gasteiger partial charge is 0.228 e. The van der Waals surface area contributed by atoms with Gasteiger partial charge in [0.25, 0.3) is 0 Å². The number of hydrogen-bond donors (Lipinski definition) is 2. The van der Waals surface area contributed by atoms with Crippen LogP contribution in [0, 0.1) is 12.8 Å². The molecule has 0 aliphatic heterocycles. The topological polar surface area (TPSA) is 64.3 Å². The normalized spacial score (nSPS) is 11.3. The second-order valence-electron chi connectivity index (χ2n) is 3.83. The van der Waals surface area contributed by atoms with Crippen molar-refractivity contribution in [2.45, 2.75) is 13.8 Å². The second-order valence-corrected chi connectivity index (χ2v) is 3.83. The van der Waals surface area contributed by atoms with E-state index in [0.717, 1.165) is 5.56 Å². The van der Waals surface area contributed by atoms with E-state index in [4.69, 9.17) is 10.5 Å². The largest absolute Gasteiger partial charge is 0.495 e. The van der Waals surface area contributed by atoms with Gasteiger partial charge in [-0.15, -0.1) is 12.4 Å². The van der Waals surface area contributed by atoms with Crippen LogP contribution < -0.4 is 15.8 Å². The van der Waals surface area contributed by atoms with E-state index in [1.807, 2.05) is 25.1 Å². The Labute approximate surface area is 108 Å². The molecule has 0 aliphatic rings. The molecule has 0 saturated carbocycles. The molecule has 0 aliphatic carbocycles. The molecule has 1 aromatic carbocycles. The van der Waals surface area contributed by atoms with Crippen LogP contribution in [0.25, 0.3) is 0 Å². The Kier molecular flexibility index (Phi) is 6.61. The molecule has 0 bridgehead atoms. The number of hydrogen-bond acceptors (Lipinski definition) is 3. The molecule has 5 heteroatoms. The van der Waals surface area contributed by atoms with Crippen LogP contribution in [0.1, 0.15) is 12.5 Å². The molecule has 0 fully saturated rings. The average Bonchev–Trinajstić information content (AvgIpc) is 2.30. The molecule has 0 aromatic heterocycles. The second kappa shape index (κ2) is 7.14.